The van der Waals surface area contributed by atoms with Gasteiger partial charge in [-0.3, -0.25) is 4.79 Å². The zero-order chi connectivity index (χ0) is 14.2. The molecule has 2 aliphatic rings. The average Bonchev–Trinajstić information content (AvgIpc) is 2.83. The van der Waals surface area contributed by atoms with Gasteiger partial charge in [0.2, 0.25) is 0 Å². The normalized spacial score (nSPS) is 19.1. The van der Waals surface area contributed by atoms with Crippen LogP contribution in [0, 0.1) is 0 Å². The molecular formula is C16H23N3O. The fourth-order valence-electron chi connectivity index (χ4n) is 3.15. The smallest absolute Gasteiger partial charge is 0.251 e. The maximum atomic E-state index is 12.3. The summed E-state index contributed by atoms with van der Waals surface area (Å²) in [5, 5.41) is 6.43. The van der Waals surface area contributed by atoms with Gasteiger partial charge in [-0.05, 0) is 57.5 Å². The van der Waals surface area contributed by atoms with Crippen LogP contribution in [-0.2, 0) is 6.42 Å². The van der Waals surface area contributed by atoms with Crippen molar-refractivity contribution in [1.82, 2.24) is 10.2 Å². The Morgan fingerprint density at radius 3 is 2.85 bits per heavy atom. The number of rotatable bonds is 4. The molecule has 1 aromatic carbocycles. The molecule has 20 heavy (non-hydrogen) atoms. The third-order valence-corrected chi connectivity index (χ3v) is 4.89. The molecule has 1 heterocycles. The molecule has 4 heteroatoms. The lowest BCUT2D eigenvalue weighted by molar-refractivity contribution is 0.0557. The van der Waals surface area contributed by atoms with Crippen LogP contribution in [0.4, 0.5) is 5.69 Å². The second kappa shape index (κ2) is 5.09. The van der Waals surface area contributed by atoms with Gasteiger partial charge in [0.15, 0.2) is 0 Å². The topological polar surface area (TPSA) is 44.4 Å². The van der Waals surface area contributed by atoms with E-state index in [1.165, 1.54) is 24.8 Å². The number of nitrogens with zero attached hydrogens (tertiary/aromatic N) is 1. The van der Waals surface area contributed by atoms with E-state index in [1.807, 2.05) is 12.1 Å². The highest BCUT2D eigenvalue weighted by Gasteiger charge is 2.39. The summed E-state index contributed by atoms with van der Waals surface area (Å²) in [5.74, 6) is 0.0367. The molecule has 0 atom stereocenters. The molecule has 1 aliphatic carbocycles. The van der Waals surface area contributed by atoms with E-state index in [9.17, 15) is 4.79 Å². The van der Waals surface area contributed by atoms with E-state index >= 15 is 0 Å². The van der Waals surface area contributed by atoms with E-state index in [-0.39, 0.29) is 11.4 Å². The van der Waals surface area contributed by atoms with E-state index in [1.54, 1.807) is 0 Å². The lowest BCUT2D eigenvalue weighted by Gasteiger charge is -2.47. The van der Waals surface area contributed by atoms with Gasteiger partial charge in [0.05, 0.1) is 0 Å². The molecule has 3 rings (SSSR count). The van der Waals surface area contributed by atoms with Crippen molar-refractivity contribution in [2.75, 3.05) is 32.5 Å². The lowest BCUT2D eigenvalue weighted by Crippen LogP contribution is -2.57. The second-order valence-corrected chi connectivity index (χ2v) is 6.20. The molecule has 108 valence electrons. The van der Waals surface area contributed by atoms with Crippen LogP contribution in [0.15, 0.2) is 18.2 Å². The Balaban J connectivity index is 1.65. The van der Waals surface area contributed by atoms with Crippen molar-refractivity contribution in [3.63, 3.8) is 0 Å². The van der Waals surface area contributed by atoms with Gasteiger partial charge in [-0.25, -0.2) is 0 Å². The summed E-state index contributed by atoms with van der Waals surface area (Å²) in [6.45, 7) is 1.72. The van der Waals surface area contributed by atoms with E-state index in [0.717, 1.165) is 30.8 Å². The fourth-order valence-corrected chi connectivity index (χ4v) is 3.15. The van der Waals surface area contributed by atoms with E-state index in [4.69, 9.17) is 0 Å². The Morgan fingerprint density at radius 1 is 1.40 bits per heavy atom. The second-order valence-electron chi connectivity index (χ2n) is 6.20. The first-order valence-electron chi connectivity index (χ1n) is 7.43. The molecule has 0 spiro atoms. The number of benzene rings is 1. The van der Waals surface area contributed by atoms with Crippen molar-refractivity contribution < 1.29 is 4.79 Å². The summed E-state index contributed by atoms with van der Waals surface area (Å²) in [6, 6.07) is 5.97. The molecule has 1 amide bonds. The van der Waals surface area contributed by atoms with Crippen LogP contribution in [0.3, 0.4) is 0 Å². The summed E-state index contributed by atoms with van der Waals surface area (Å²) in [7, 11) is 4.20. The summed E-state index contributed by atoms with van der Waals surface area (Å²) < 4.78 is 0. The maximum absolute atomic E-state index is 12.3. The molecule has 0 saturated heterocycles. The Kier molecular flexibility index (Phi) is 3.42. The summed E-state index contributed by atoms with van der Waals surface area (Å²) >= 11 is 0. The summed E-state index contributed by atoms with van der Waals surface area (Å²) in [6.07, 6.45) is 4.66. The van der Waals surface area contributed by atoms with Gasteiger partial charge in [0.25, 0.3) is 5.91 Å². The number of hydrogen-bond acceptors (Lipinski definition) is 3. The summed E-state index contributed by atoms with van der Waals surface area (Å²) in [4.78, 5) is 14.5. The number of likely N-dealkylation sites (N-methyl/N-ethyl adjacent to an activating group) is 1. The Labute approximate surface area is 120 Å². The maximum Gasteiger partial charge on any atom is 0.251 e. The zero-order valence-electron chi connectivity index (χ0n) is 12.3. The minimum atomic E-state index is 0.0367. The third-order valence-electron chi connectivity index (χ3n) is 4.89. The SMILES string of the molecule is CN(C)C1(CNC(=O)c2ccc3c(c2)NCC3)CCC1. The Bertz CT molecular complexity index is 520. The van der Waals surface area contributed by atoms with Gasteiger partial charge in [-0.15, -0.1) is 0 Å². The Hall–Kier alpha value is -1.55. The van der Waals surface area contributed by atoms with Crippen LogP contribution >= 0.6 is 0 Å². The Morgan fingerprint density at radius 2 is 2.20 bits per heavy atom. The van der Waals surface area contributed by atoms with Crippen LogP contribution < -0.4 is 10.6 Å². The molecule has 1 aromatic rings. The first-order valence-corrected chi connectivity index (χ1v) is 7.43. The lowest BCUT2D eigenvalue weighted by atomic mass is 9.75. The highest BCUT2D eigenvalue weighted by molar-refractivity contribution is 5.95. The first kappa shape index (κ1) is 13.4. The predicted molar refractivity (Wildman–Crippen MR) is 81.2 cm³/mol. The van der Waals surface area contributed by atoms with Crippen LogP contribution in [0.5, 0.6) is 0 Å². The van der Waals surface area contributed by atoms with Gasteiger partial charge in [-0.1, -0.05) is 6.07 Å². The third kappa shape index (κ3) is 2.29. The van der Waals surface area contributed by atoms with Crippen molar-refractivity contribution in [2.45, 2.75) is 31.2 Å². The predicted octanol–water partition coefficient (Wildman–Crippen LogP) is 1.87. The van der Waals surface area contributed by atoms with Gasteiger partial charge < -0.3 is 15.5 Å². The molecule has 0 aromatic heterocycles. The molecule has 4 nitrogen and oxygen atoms in total. The van der Waals surface area contributed by atoms with Crippen molar-refractivity contribution in [3.8, 4) is 0 Å². The zero-order valence-corrected chi connectivity index (χ0v) is 12.3. The fraction of sp³-hybridized carbons (Fsp3) is 0.562. The number of fused-ring (bicyclic) bond motifs is 1. The van der Waals surface area contributed by atoms with E-state index < -0.39 is 0 Å². The molecule has 1 fully saturated rings. The van der Waals surface area contributed by atoms with Crippen LogP contribution in [0.25, 0.3) is 0 Å². The van der Waals surface area contributed by atoms with Crippen molar-refractivity contribution in [3.05, 3.63) is 29.3 Å². The number of carbonyl (C=O) groups excluding carboxylic acids is 1. The van der Waals surface area contributed by atoms with Crippen LogP contribution in [-0.4, -0.2) is 43.5 Å². The highest BCUT2D eigenvalue weighted by Crippen LogP contribution is 2.35. The van der Waals surface area contributed by atoms with Crippen molar-refractivity contribution in [1.29, 1.82) is 0 Å². The molecule has 0 unspecified atom stereocenters. The van der Waals surface area contributed by atoms with Crippen molar-refractivity contribution >= 4 is 11.6 Å². The number of nitrogens with one attached hydrogen (secondary N) is 2. The number of anilines is 1. The van der Waals surface area contributed by atoms with E-state index in [0.29, 0.717) is 0 Å². The minimum absolute atomic E-state index is 0.0367. The highest BCUT2D eigenvalue weighted by atomic mass is 16.1. The van der Waals surface area contributed by atoms with Gasteiger partial charge in [-0.2, -0.15) is 0 Å². The molecule has 2 N–H and O–H groups in total. The van der Waals surface area contributed by atoms with Gasteiger partial charge in [0, 0.05) is 29.9 Å². The first-order chi connectivity index (χ1) is 9.61. The summed E-state index contributed by atoms with van der Waals surface area (Å²) in [5.41, 5.74) is 3.35. The average molecular weight is 273 g/mol. The quantitative estimate of drug-likeness (QED) is 0.880. The molecule has 0 radical (unpaired) electrons. The van der Waals surface area contributed by atoms with Crippen molar-refractivity contribution in [2.24, 2.45) is 0 Å². The number of carbonyl (C=O) groups is 1. The van der Waals surface area contributed by atoms with Gasteiger partial charge in [0.1, 0.15) is 0 Å². The molecule has 0 bridgehead atoms. The monoisotopic (exact) mass is 273 g/mol. The van der Waals surface area contributed by atoms with E-state index in [2.05, 4.69) is 35.7 Å². The number of hydrogen-bond donors (Lipinski definition) is 2. The standard InChI is InChI=1S/C16H23N3O/c1-19(2)16(7-3-8-16)11-18-15(20)13-5-4-12-6-9-17-14(12)10-13/h4-5,10,17H,3,6-9,11H2,1-2H3,(H,18,20). The largest absolute Gasteiger partial charge is 0.384 e. The van der Waals surface area contributed by atoms with Gasteiger partial charge >= 0.3 is 0 Å². The molecule has 1 saturated carbocycles. The van der Waals surface area contributed by atoms with Crippen LogP contribution in [0.1, 0.15) is 35.2 Å². The minimum Gasteiger partial charge on any atom is -0.384 e. The van der Waals surface area contributed by atoms with Crippen LogP contribution in [0.2, 0.25) is 0 Å². The molecule has 1 aliphatic heterocycles. The number of amides is 1. The molecular weight excluding hydrogens is 250 g/mol.